The molecule has 1 aromatic heterocycles. The molecule has 0 atom stereocenters. The number of hydrogen-bond donors (Lipinski definition) is 1. The summed E-state index contributed by atoms with van der Waals surface area (Å²) in [5, 5.41) is 8.02. The Kier molecular flexibility index (Phi) is 1.39. The Morgan fingerprint density at radius 2 is 2.36 bits per heavy atom. The summed E-state index contributed by atoms with van der Waals surface area (Å²) in [6.07, 6.45) is 3.90. The Balaban J connectivity index is 2.67. The second-order valence-electron chi connectivity index (χ2n) is 2.51. The van der Waals surface area contributed by atoms with Gasteiger partial charge in [-0.05, 0) is 18.1 Å². The van der Waals surface area contributed by atoms with Crippen LogP contribution >= 0.6 is 0 Å². The van der Waals surface area contributed by atoms with Gasteiger partial charge < -0.3 is 0 Å². The molecule has 0 amide bonds. The third-order valence-corrected chi connectivity index (χ3v) is 1.80. The number of aromatic amines is 1. The van der Waals surface area contributed by atoms with Gasteiger partial charge in [0.1, 0.15) is 0 Å². The van der Waals surface area contributed by atoms with E-state index < -0.39 is 0 Å². The smallest absolute Gasteiger partial charge is 0.0653 e. The molecule has 55 valence electrons. The molecule has 0 saturated heterocycles. The molecule has 0 spiro atoms. The first-order valence-electron chi connectivity index (χ1n) is 3.62. The summed E-state index contributed by atoms with van der Waals surface area (Å²) < 4.78 is 0. The van der Waals surface area contributed by atoms with Crippen LogP contribution in [0.4, 0.5) is 0 Å². The maximum absolute atomic E-state index is 3.94. The van der Waals surface area contributed by atoms with Crippen LogP contribution in [0.3, 0.4) is 0 Å². The number of aromatic nitrogens is 2. The van der Waals surface area contributed by atoms with E-state index in [4.69, 9.17) is 0 Å². The van der Waals surface area contributed by atoms with Crippen LogP contribution in [-0.2, 0) is 0 Å². The second-order valence-corrected chi connectivity index (χ2v) is 2.51. The van der Waals surface area contributed by atoms with Gasteiger partial charge in [-0.1, -0.05) is 19.1 Å². The van der Waals surface area contributed by atoms with Crippen LogP contribution in [0.15, 0.2) is 24.4 Å². The molecular formula is C9H9N2. The minimum Gasteiger partial charge on any atom is -0.278 e. The molecule has 1 aromatic carbocycles. The zero-order chi connectivity index (χ0) is 7.68. The molecule has 1 heterocycles. The van der Waals surface area contributed by atoms with E-state index in [1.54, 1.807) is 0 Å². The lowest BCUT2D eigenvalue weighted by atomic mass is 10.1. The van der Waals surface area contributed by atoms with E-state index in [0.717, 1.165) is 10.9 Å². The van der Waals surface area contributed by atoms with E-state index in [-0.39, 0.29) is 0 Å². The molecule has 1 radical (unpaired) electrons. The number of rotatable bonds is 1. The van der Waals surface area contributed by atoms with Gasteiger partial charge in [0.05, 0.1) is 11.7 Å². The standard InChI is InChI=1S/C9H9N2/c1-2-7-3-4-8-6-10-11-9(8)5-7/h2-6H,1H3,(H,10,11). The lowest BCUT2D eigenvalue weighted by Gasteiger charge is -1.93. The van der Waals surface area contributed by atoms with Crippen molar-refractivity contribution in [1.29, 1.82) is 0 Å². The van der Waals surface area contributed by atoms with Crippen LogP contribution in [-0.4, -0.2) is 10.2 Å². The van der Waals surface area contributed by atoms with Crippen molar-refractivity contribution in [3.8, 4) is 0 Å². The fraction of sp³-hybridized carbons (Fsp3) is 0.111. The van der Waals surface area contributed by atoms with Crippen molar-refractivity contribution < 1.29 is 0 Å². The Morgan fingerprint density at radius 3 is 3.18 bits per heavy atom. The number of hydrogen-bond acceptors (Lipinski definition) is 1. The van der Waals surface area contributed by atoms with Gasteiger partial charge in [0.2, 0.25) is 0 Å². The average Bonchev–Trinajstić information content (AvgIpc) is 2.50. The van der Waals surface area contributed by atoms with Crippen molar-refractivity contribution >= 4 is 10.9 Å². The van der Waals surface area contributed by atoms with Gasteiger partial charge in [0.25, 0.3) is 0 Å². The van der Waals surface area contributed by atoms with Gasteiger partial charge in [0, 0.05) is 5.39 Å². The van der Waals surface area contributed by atoms with Gasteiger partial charge in [-0.2, -0.15) is 5.10 Å². The third-order valence-electron chi connectivity index (χ3n) is 1.80. The van der Waals surface area contributed by atoms with Crippen molar-refractivity contribution in [3.63, 3.8) is 0 Å². The molecule has 0 aliphatic heterocycles. The van der Waals surface area contributed by atoms with Crippen molar-refractivity contribution in [2.24, 2.45) is 0 Å². The van der Waals surface area contributed by atoms with E-state index in [1.165, 1.54) is 5.56 Å². The highest BCUT2D eigenvalue weighted by molar-refractivity contribution is 5.78. The molecule has 0 aliphatic rings. The molecule has 0 unspecified atom stereocenters. The predicted molar refractivity (Wildman–Crippen MR) is 45.2 cm³/mol. The molecule has 2 heteroatoms. The van der Waals surface area contributed by atoms with Gasteiger partial charge in [-0.15, -0.1) is 0 Å². The first-order chi connectivity index (χ1) is 5.40. The highest BCUT2D eigenvalue weighted by atomic mass is 15.1. The fourth-order valence-electron chi connectivity index (χ4n) is 1.13. The SMILES string of the molecule is C[CH]c1ccc2cn[nH]c2c1. The quantitative estimate of drug-likeness (QED) is 0.654. The van der Waals surface area contributed by atoms with Crippen LogP contribution in [0.2, 0.25) is 0 Å². The summed E-state index contributed by atoms with van der Waals surface area (Å²) in [6.45, 7) is 2.03. The van der Waals surface area contributed by atoms with Gasteiger partial charge >= 0.3 is 0 Å². The van der Waals surface area contributed by atoms with E-state index in [2.05, 4.69) is 34.8 Å². The van der Waals surface area contributed by atoms with Crippen molar-refractivity contribution in [2.75, 3.05) is 0 Å². The number of fused-ring (bicyclic) bond motifs is 1. The molecule has 2 aromatic rings. The van der Waals surface area contributed by atoms with Crippen LogP contribution in [0, 0.1) is 6.42 Å². The molecular weight excluding hydrogens is 136 g/mol. The monoisotopic (exact) mass is 145 g/mol. The minimum atomic E-state index is 1.10. The largest absolute Gasteiger partial charge is 0.278 e. The summed E-state index contributed by atoms with van der Waals surface area (Å²) in [5.74, 6) is 0. The lowest BCUT2D eigenvalue weighted by molar-refractivity contribution is 1.12. The Bertz CT molecular complexity index is 362. The summed E-state index contributed by atoms with van der Waals surface area (Å²) in [5.41, 5.74) is 2.32. The first-order valence-corrected chi connectivity index (χ1v) is 3.62. The minimum absolute atomic E-state index is 1.10. The lowest BCUT2D eigenvalue weighted by Crippen LogP contribution is -1.75. The molecule has 11 heavy (non-hydrogen) atoms. The first kappa shape index (κ1) is 6.40. The Labute approximate surface area is 65.2 Å². The predicted octanol–water partition coefficient (Wildman–Crippen LogP) is 2.14. The topological polar surface area (TPSA) is 28.7 Å². The van der Waals surface area contributed by atoms with Crippen molar-refractivity contribution in [3.05, 3.63) is 36.4 Å². The van der Waals surface area contributed by atoms with Gasteiger partial charge in [-0.25, -0.2) is 0 Å². The normalized spacial score (nSPS) is 10.6. The van der Waals surface area contributed by atoms with E-state index in [1.807, 2.05) is 13.1 Å². The number of nitrogens with one attached hydrogen (secondary N) is 1. The van der Waals surface area contributed by atoms with Crippen LogP contribution in [0.1, 0.15) is 12.5 Å². The van der Waals surface area contributed by atoms with Crippen LogP contribution in [0.5, 0.6) is 0 Å². The van der Waals surface area contributed by atoms with Crippen LogP contribution < -0.4 is 0 Å². The van der Waals surface area contributed by atoms with Crippen molar-refractivity contribution in [1.82, 2.24) is 10.2 Å². The molecule has 0 saturated carbocycles. The number of nitrogens with zero attached hydrogens (tertiary/aromatic N) is 1. The molecule has 0 fully saturated rings. The third kappa shape index (κ3) is 1.00. The second kappa shape index (κ2) is 2.38. The zero-order valence-electron chi connectivity index (χ0n) is 6.33. The summed E-state index contributed by atoms with van der Waals surface area (Å²) in [4.78, 5) is 0. The Hall–Kier alpha value is -1.31. The molecule has 0 aliphatic carbocycles. The molecule has 0 bridgehead atoms. The average molecular weight is 145 g/mol. The fourth-order valence-corrected chi connectivity index (χ4v) is 1.13. The van der Waals surface area contributed by atoms with Crippen molar-refractivity contribution in [2.45, 2.75) is 6.92 Å². The molecule has 1 N–H and O–H groups in total. The van der Waals surface area contributed by atoms with E-state index >= 15 is 0 Å². The Morgan fingerprint density at radius 1 is 1.45 bits per heavy atom. The molecule has 2 nitrogen and oxygen atoms in total. The van der Waals surface area contributed by atoms with E-state index in [9.17, 15) is 0 Å². The number of benzene rings is 1. The molecule has 2 rings (SSSR count). The zero-order valence-corrected chi connectivity index (χ0v) is 6.33. The summed E-state index contributed by atoms with van der Waals surface area (Å²) in [7, 11) is 0. The highest BCUT2D eigenvalue weighted by Crippen LogP contribution is 2.13. The number of H-pyrrole nitrogens is 1. The summed E-state index contributed by atoms with van der Waals surface area (Å²) >= 11 is 0. The summed E-state index contributed by atoms with van der Waals surface area (Å²) in [6, 6.07) is 6.23. The maximum Gasteiger partial charge on any atom is 0.0653 e. The van der Waals surface area contributed by atoms with Gasteiger partial charge in [0.15, 0.2) is 0 Å². The van der Waals surface area contributed by atoms with Crippen LogP contribution in [0.25, 0.3) is 10.9 Å². The van der Waals surface area contributed by atoms with Gasteiger partial charge in [-0.3, -0.25) is 5.10 Å². The maximum atomic E-state index is 3.94. The highest BCUT2D eigenvalue weighted by Gasteiger charge is 1.94. The van der Waals surface area contributed by atoms with E-state index in [0.29, 0.717) is 0 Å².